The fourth-order valence-electron chi connectivity index (χ4n) is 3.74. The quantitative estimate of drug-likeness (QED) is 0.680. The highest BCUT2D eigenvalue weighted by atomic mass is 19.1. The molecule has 1 atom stereocenters. The van der Waals surface area contributed by atoms with Gasteiger partial charge in [-0.25, -0.2) is 9.18 Å². The monoisotopic (exact) mass is 385 g/mol. The molecule has 0 unspecified atom stereocenters. The van der Waals surface area contributed by atoms with Crippen LogP contribution in [0.15, 0.2) is 41.2 Å². The molecule has 0 bridgehead atoms. The third-order valence-corrected chi connectivity index (χ3v) is 5.63. The normalized spacial score (nSPS) is 12.8. The zero-order valence-corrected chi connectivity index (χ0v) is 16.9. The lowest BCUT2D eigenvalue weighted by Crippen LogP contribution is -2.37. The zero-order valence-electron chi connectivity index (χ0n) is 16.9. The molecule has 0 saturated carbocycles. The number of imidazole rings is 1. The van der Waals surface area contributed by atoms with Crippen molar-refractivity contribution in [1.82, 2.24) is 14.0 Å². The predicted octanol–water partition coefficient (Wildman–Crippen LogP) is 3.10. The van der Waals surface area contributed by atoms with E-state index in [1.807, 2.05) is 32.0 Å². The lowest BCUT2D eigenvalue weighted by Gasteiger charge is -2.30. The number of rotatable bonds is 7. The summed E-state index contributed by atoms with van der Waals surface area (Å²) >= 11 is 0. The Morgan fingerprint density at radius 3 is 2.29 bits per heavy atom. The molecule has 0 aliphatic rings. The second-order valence-corrected chi connectivity index (χ2v) is 7.41. The molecule has 3 aromatic rings. The number of aryl methyl sites for hydroxylation is 3. The van der Waals surface area contributed by atoms with Crippen molar-refractivity contribution in [3.63, 3.8) is 0 Å². The Hall–Kier alpha value is -2.44. The zero-order chi connectivity index (χ0) is 20.4. The molecule has 2 aromatic carbocycles. The Labute approximate surface area is 164 Å². The molecule has 6 heteroatoms. The SMILES string of the molecule is CC[C@@H](CO)N(Cc1cc2c(cc1C)n(C)c(=O)n2C)Cc1ccccc1F. The van der Waals surface area contributed by atoms with Gasteiger partial charge in [0.25, 0.3) is 0 Å². The number of benzene rings is 2. The van der Waals surface area contributed by atoms with Crippen LogP contribution in [-0.4, -0.2) is 31.8 Å². The standard InChI is InChI=1S/C22H28FN3O2/c1-5-18(14-27)26(12-16-8-6-7-9-19(16)23)13-17-11-21-20(10-15(17)2)24(3)22(28)25(21)4/h6-11,18,27H,5,12-14H2,1-4H3/t18-/m0/s1. The van der Waals surface area contributed by atoms with Gasteiger partial charge in [0.1, 0.15) is 5.82 Å². The van der Waals surface area contributed by atoms with E-state index in [0.717, 1.165) is 28.6 Å². The van der Waals surface area contributed by atoms with Gasteiger partial charge in [-0.3, -0.25) is 14.0 Å². The van der Waals surface area contributed by atoms with Gasteiger partial charge >= 0.3 is 5.69 Å². The Morgan fingerprint density at radius 2 is 1.68 bits per heavy atom. The van der Waals surface area contributed by atoms with Crippen LogP contribution < -0.4 is 5.69 Å². The van der Waals surface area contributed by atoms with Gasteiger partial charge in [-0.2, -0.15) is 0 Å². The Kier molecular flexibility index (Phi) is 6.01. The third-order valence-electron chi connectivity index (χ3n) is 5.63. The number of aromatic nitrogens is 2. The second kappa shape index (κ2) is 8.29. The first-order chi connectivity index (χ1) is 13.4. The van der Waals surface area contributed by atoms with Crippen LogP contribution >= 0.6 is 0 Å². The van der Waals surface area contributed by atoms with Crippen LogP contribution in [0.4, 0.5) is 4.39 Å². The van der Waals surface area contributed by atoms with E-state index in [2.05, 4.69) is 4.90 Å². The maximum atomic E-state index is 14.2. The minimum atomic E-state index is -0.238. The van der Waals surface area contributed by atoms with Gasteiger partial charge in [0.2, 0.25) is 0 Å². The first-order valence-electron chi connectivity index (χ1n) is 9.60. The number of halogens is 1. The maximum absolute atomic E-state index is 14.2. The van der Waals surface area contributed by atoms with Gasteiger partial charge in [-0.1, -0.05) is 25.1 Å². The van der Waals surface area contributed by atoms with Crippen molar-refractivity contribution in [2.45, 2.75) is 39.4 Å². The van der Waals surface area contributed by atoms with Crippen LogP contribution in [0.25, 0.3) is 11.0 Å². The molecule has 150 valence electrons. The van der Waals surface area contributed by atoms with Crippen LogP contribution in [0, 0.1) is 12.7 Å². The van der Waals surface area contributed by atoms with E-state index >= 15 is 0 Å². The fraction of sp³-hybridized carbons (Fsp3) is 0.409. The van der Waals surface area contributed by atoms with Crippen molar-refractivity contribution in [3.05, 3.63) is 69.4 Å². The number of aliphatic hydroxyl groups excluding tert-OH is 1. The molecule has 0 aliphatic carbocycles. The summed E-state index contributed by atoms with van der Waals surface area (Å²) in [5, 5.41) is 9.86. The molecule has 1 N–H and O–H groups in total. The van der Waals surface area contributed by atoms with Crippen molar-refractivity contribution in [2.24, 2.45) is 14.1 Å². The summed E-state index contributed by atoms with van der Waals surface area (Å²) in [4.78, 5) is 14.4. The lowest BCUT2D eigenvalue weighted by molar-refractivity contribution is 0.105. The summed E-state index contributed by atoms with van der Waals surface area (Å²) in [7, 11) is 3.54. The summed E-state index contributed by atoms with van der Waals surface area (Å²) in [5.74, 6) is -0.238. The van der Waals surface area contributed by atoms with E-state index in [4.69, 9.17) is 0 Å². The molecule has 1 heterocycles. The number of aliphatic hydroxyl groups is 1. The molecule has 0 radical (unpaired) electrons. The van der Waals surface area contributed by atoms with E-state index in [0.29, 0.717) is 18.7 Å². The van der Waals surface area contributed by atoms with Gasteiger partial charge in [-0.15, -0.1) is 0 Å². The highest BCUT2D eigenvalue weighted by molar-refractivity contribution is 5.78. The number of hydrogen-bond donors (Lipinski definition) is 1. The Balaban J connectivity index is 2.00. The molecule has 3 rings (SSSR count). The fourth-order valence-corrected chi connectivity index (χ4v) is 3.74. The van der Waals surface area contributed by atoms with Crippen molar-refractivity contribution in [3.8, 4) is 0 Å². The molecular formula is C22H28FN3O2. The van der Waals surface area contributed by atoms with Gasteiger partial charge in [0.15, 0.2) is 0 Å². The molecule has 0 saturated heterocycles. The largest absolute Gasteiger partial charge is 0.395 e. The van der Waals surface area contributed by atoms with Crippen molar-refractivity contribution in [2.75, 3.05) is 6.61 Å². The van der Waals surface area contributed by atoms with Gasteiger partial charge in [-0.05, 0) is 42.7 Å². The van der Waals surface area contributed by atoms with E-state index in [-0.39, 0.29) is 24.2 Å². The first kappa shape index (κ1) is 20.3. The molecule has 28 heavy (non-hydrogen) atoms. The number of fused-ring (bicyclic) bond motifs is 1. The minimum Gasteiger partial charge on any atom is -0.395 e. The van der Waals surface area contributed by atoms with Crippen molar-refractivity contribution in [1.29, 1.82) is 0 Å². The highest BCUT2D eigenvalue weighted by Gasteiger charge is 2.20. The van der Waals surface area contributed by atoms with E-state index in [1.54, 1.807) is 35.4 Å². The average molecular weight is 385 g/mol. The second-order valence-electron chi connectivity index (χ2n) is 7.41. The Bertz CT molecular complexity index is 1030. The molecule has 5 nitrogen and oxygen atoms in total. The van der Waals surface area contributed by atoms with Crippen LogP contribution in [0.2, 0.25) is 0 Å². The van der Waals surface area contributed by atoms with E-state index < -0.39 is 0 Å². The van der Waals surface area contributed by atoms with Gasteiger partial charge in [0.05, 0.1) is 17.6 Å². The molecule has 0 amide bonds. The van der Waals surface area contributed by atoms with Crippen molar-refractivity contribution >= 4 is 11.0 Å². The average Bonchev–Trinajstić information content (AvgIpc) is 2.88. The topological polar surface area (TPSA) is 50.4 Å². The maximum Gasteiger partial charge on any atom is 0.328 e. The Morgan fingerprint density at radius 1 is 1.07 bits per heavy atom. The molecule has 0 fully saturated rings. The summed E-state index contributed by atoms with van der Waals surface area (Å²) in [6.07, 6.45) is 0.760. The summed E-state index contributed by atoms with van der Waals surface area (Å²) in [6, 6.07) is 10.7. The first-order valence-corrected chi connectivity index (χ1v) is 9.60. The van der Waals surface area contributed by atoms with Gasteiger partial charge < -0.3 is 5.11 Å². The highest BCUT2D eigenvalue weighted by Crippen LogP contribution is 2.23. The van der Waals surface area contributed by atoms with E-state index in [9.17, 15) is 14.3 Å². The van der Waals surface area contributed by atoms with Crippen LogP contribution in [-0.2, 0) is 27.2 Å². The number of nitrogens with zero attached hydrogens (tertiary/aromatic N) is 3. The van der Waals surface area contributed by atoms with Gasteiger partial charge in [0, 0.05) is 38.8 Å². The molecular weight excluding hydrogens is 357 g/mol. The smallest absolute Gasteiger partial charge is 0.328 e. The summed E-state index contributed by atoms with van der Waals surface area (Å²) < 4.78 is 17.5. The summed E-state index contributed by atoms with van der Waals surface area (Å²) in [5.41, 5.74) is 4.45. The summed E-state index contributed by atoms with van der Waals surface area (Å²) in [6.45, 7) is 5.03. The molecule has 0 spiro atoms. The van der Waals surface area contributed by atoms with E-state index in [1.165, 1.54) is 6.07 Å². The number of hydrogen-bond acceptors (Lipinski definition) is 3. The predicted molar refractivity (Wildman–Crippen MR) is 110 cm³/mol. The van der Waals surface area contributed by atoms with Crippen LogP contribution in [0.1, 0.15) is 30.0 Å². The van der Waals surface area contributed by atoms with Crippen molar-refractivity contribution < 1.29 is 9.50 Å². The van der Waals surface area contributed by atoms with Crippen LogP contribution in [0.5, 0.6) is 0 Å². The third kappa shape index (κ3) is 3.75. The lowest BCUT2D eigenvalue weighted by atomic mass is 10.0. The molecule has 0 aliphatic heterocycles. The minimum absolute atomic E-state index is 0.00999. The van der Waals surface area contributed by atoms with Crippen LogP contribution in [0.3, 0.4) is 0 Å². The molecule has 1 aromatic heterocycles.